The second-order valence-electron chi connectivity index (χ2n) is 3.42. The normalized spacial score (nSPS) is 21.9. The van der Waals surface area contributed by atoms with Crippen LogP contribution in [0.15, 0.2) is 0 Å². The molecule has 0 aliphatic heterocycles. The van der Waals surface area contributed by atoms with Crippen molar-refractivity contribution in [2.45, 2.75) is 38.1 Å². The summed E-state index contributed by atoms with van der Waals surface area (Å²) in [6.07, 6.45) is 7.44. The summed E-state index contributed by atoms with van der Waals surface area (Å²) in [5.41, 5.74) is 0. The number of carbonyl (C=O) groups is 1. The molecule has 2 heteroatoms. The Morgan fingerprint density at radius 3 is 2.64 bits per heavy atom. The molecule has 1 aliphatic rings. The van der Waals surface area contributed by atoms with E-state index in [1.807, 2.05) is 7.05 Å². The molecule has 1 N–H and O–H groups in total. The van der Waals surface area contributed by atoms with Gasteiger partial charge in [-0.25, -0.2) is 0 Å². The first-order chi connectivity index (χ1) is 5.36. The molecule has 0 saturated heterocycles. The standard InChI is InChI=1S/C9H17NO/c1-10-9(7-11)6-8-4-2-3-5-8/h7-10H,2-6H2,1H3/t9-/m0/s1. The van der Waals surface area contributed by atoms with E-state index in [9.17, 15) is 4.79 Å². The van der Waals surface area contributed by atoms with E-state index in [1.54, 1.807) is 0 Å². The second-order valence-corrected chi connectivity index (χ2v) is 3.42. The maximum atomic E-state index is 10.5. The van der Waals surface area contributed by atoms with Crippen molar-refractivity contribution in [1.29, 1.82) is 0 Å². The zero-order chi connectivity index (χ0) is 8.10. The molecule has 0 heterocycles. The molecule has 64 valence electrons. The fourth-order valence-electron chi connectivity index (χ4n) is 1.85. The van der Waals surface area contributed by atoms with E-state index in [0.29, 0.717) is 0 Å². The Balaban J connectivity index is 2.21. The van der Waals surface area contributed by atoms with Crippen LogP contribution in [-0.2, 0) is 4.79 Å². The lowest BCUT2D eigenvalue weighted by Crippen LogP contribution is -2.28. The van der Waals surface area contributed by atoms with Gasteiger partial charge in [-0.3, -0.25) is 0 Å². The molecule has 1 atom stereocenters. The van der Waals surface area contributed by atoms with Crippen LogP contribution in [0.1, 0.15) is 32.1 Å². The van der Waals surface area contributed by atoms with Crippen LogP contribution in [0.2, 0.25) is 0 Å². The molecule has 0 amide bonds. The molecule has 2 nitrogen and oxygen atoms in total. The third-order valence-electron chi connectivity index (χ3n) is 2.60. The molecule has 0 aromatic heterocycles. The van der Waals surface area contributed by atoms with Gasteiger partial charge >= 0.3 is 0 Å². The summed E-state index contributed by atoms with van der Waals surface area (Å²) in [6.45, 7) is 0. The first-order valence-electron chi connectivity index (χ1n) is 4.49. The van der Waals surface area contributed by atoms with Gasteiger partial charge in [-0.1, -0.05) is 25.7 Å². The Morgan fingerprint density at radius 1 is 1.55 bits per heavy atom. The van der Waals surface area contributed by atoms with Gasteiger partial charge in [-0.2, -0.15) is 0 Å². The highest BCUT2D eigenvalue weighted by Crippen LogP contribution is 2.28. The Hall–Kier alpha value is -0.370. The van der Waals surface area contributed by atoms with Gasteiger partial charge in [0.05, 0.1) is 6.04 Å². The molecule has 11 heavy (non-hydrogen) atoms. The number of nitrogens with one attached hydrogen (secondary N) is 1. The van der Waals surface area contributed by atoms with Crippen LogP contribution in [-0.4, -0.2) is 19.4 Å². The first kappa shape index (κ1) is 8.72. The Labute approximate surface area is 68.4 Å². The maximum Gasteiger partial charge on any atom is 0.136 e. The lowest BCUT2D eigenvalue weighted by molar-refractivity contribution is -0.109. The van der Waals surface area contributed by atoms with Crippen LogP contribution in [0.3, 0.4) is 0 Å². The predicted molar refractivity (Wildman–Crippen MR) is 45.5 cm³/mol. The van der Waals surface area contributed by atoms with E-state index in [-0.39, 0.29) is 6.04 Å². The van der Waals surface area contributed by atoms with E-state index in [2.05, 4.69) is 5.32 Å². The van der Waals surface area contributed by atoms with Gasteiger partial charge in [0.1, 0.15) is 6.29 Å². The Kier molecular flexibility index (Phi) is 3.57. The number of likely N-dealkylation sites (N-methyl/N-ethyl adjacent to an activating group) is 1. The summed E-state index contributed by atoms with van der Waals surface area (Å²) in [7, 11) is 1.86. The number of rotatable bonds is 4. The Bertz CT molecular complexity index is 119. The minimum Gasteiger partial charge on any atom is -0.311 e. The van der Waals surface area contributed by atoms with Crippen molar-refractivity contribution in [3.8, 4) is 0 Å². The molecule has 0 aromatic rings. The Morgan fingerprint density at radius 2 is 2.18 bits per heavy atom. The maximum absolute atomic E-state index is 10.5. The fourth-order valence-corrected chi connectivity index (χ4v) is 1.85. The summed E-state index contributed by atoms with van der Waals surface area (Å²) in [4.78, 5) is 10.5. The first-order valence-corrected chi connectivity index (χ1v) is 4.49. The van der Waals surface area contributed by atoms with Gasteiger partial charge < -0.3 is 10.1 Å². The van der Waals surface area contributed by atoms with Crippen LogP contribution in [0.5, 0.6) is 0 Å². The number of carbonyl (C=O) groups excluding carboxylic acids is 1. The summed E-state index contributed by atoms with van der Waals surface area (Å²) < 4.78 is 0. The van der Waals surface area contributed by atoms with Gasteiger partial charge in [0.2, 0.25) is 0 Å². The van der Waals surface area contributed by atoms with Crippen molar-refractivity contribution in [3.05, 3.63) is 0 Å². The summed E-state index contributed by atoms with van der Waals surface area (Å²) in [6, 6.07) is 0.0955. The van der Waals surface area contributed by atoms with Crippen molar-refractivity contribution in [2.24, 2.45) is 5.92 Å². The van der Waals surface area contributed by atoms with Crippen molar-refractivity contribution in [3.63, 3.8) is 0 Å². The number of hydrogen-bond donors (Lipinski definition) is 1. The van der Waals surface area contributed by atoms with E-state index < -0.39 is 0 Å². The molecule has 0 aromatic carbocycles. The minimum atomic E-state index is 0.0955. The average Bonchev–Trinajstić information content (AvgIpc) is 2.52. The fraction of sp³-hybridized carbons (Fsp3) is 0.889. The number of hydrogen-bond acceptors (Lipinski definition) is 2. The van der Waals surface area contributed by atoms with E-state index >= 15 is 0 Å². The molecular weight excluding hydrogens is 138 g/mol. The zero-order valence-corrected chi connectivity index (χ0v) is 7.18. The van der Waals surface area contributed by atoms with Gasteiger partial charge in [-0.05, 0) is 19.4 Å². The lowest BCUT2D eigenvalue weighted by Gasteiger charge is -2.13. The highest BCUT2D eigenvalue weighted by molar-refractivity contribution is 5.57. The third kappa shape index (κ3) is 2.62. The smallest absolute Gasteiger partial charge is 0.136 e. The highest BCUT2D eigenvalue weighted by Gasteiger charge is 2.18. The van der Waals surface area contributed by atoms with Crippen molar-refractivity contribution >= 4 is 6.29 Å². The van der Waals surface area contributed by atoms with E-state index in [4.69, 9.17) is 0 Å². The summed E-state index contributed by atoms with van der Waals surface area (Å²) in [5, 5.41) is 3.01. The van der Waals surface area contributed by atoms with Gasteiger partial charge in [-0.15, -0.1) is 0 Å². The van der Waals surface area contributed by atoms with Gasteiger partial charge in [0.15, 0.2) is 0 Å². The van der Waals surface area contributed by atoms with Gasteiger partial charge in [0.25, 0.3) is 0 Å². The zero-order valence-electron chi connectivity index (χ0n) is 7.18. The molecule has 0 spiro atoms. The summed E-state index contributed by atoms with van der Waals surface area (Å²) in [5.74, 6) is 0.803. The van der Waals surface area contributed by atoms with Crippen LogP contribution >= 0.6 is 0 Å². The molecule has 1 aliphatic carbocycles. The van der Waals surface area contributed by atoms with Crippen LogP contribution in [0.25, 0.3) is 0 Å². The topological polar surface area (TPSA) is 29.1 Å². The average molecular weight is 155 g/mol. The monoisotopic (exact) mass is 155 g/mol. The largest absolute Gasteiger partial charge is 0.311 e. The second kappa shape index (κ2) is 4.50. The molecule has 0 unspecified atom stereocenters. The van der Waals surface area contributed by atoms with Crippen molar-refractivity contribution in [2.75, 3.05) is 7.05 Å². The van der Waals surface area contributed by atoms with Crippen molar-refractivity contribution < 1.29 is 4.79 Å². The predicted octanol–water partition coefficient (Wildman–Crippen LogP) is 1.35. The minimum absolute atomic E-state index is 0.0955. The van der Waals surface area contributed by atoms with Crippen molar-refractivity contribution in [1.82, 2.24) is 5.32 Å². The van der Waals surface area contributed by atoms with Crippen LogP contribution in [0.4, 0.5) is 0 Å². The molecule has 0 radical (unpaired) electrons. The molecule has 1 rings (SSSR count). The molecular formula is C9H17NO. The van der Waals surface area contributed by atoms with E-state index in [1.165, 1.54) is 25.7 Å². The van der Waals surface area contributed by atoms with Gasteiger partial charge in [0, 0.05) is 0 Å². The molecule has 0 bridgehead atoms. The van der Waals surface area contributed by atoms with Crippen LogP contribution in [0, 0.1) is 5.92 Å². The SMILES string of the molecule is CN[C@H](C=O)CC1CCCC1. The van der Waals surface area contributed by atoms with Crippen LogP contribution < -0.4 is 5.32 Å². The number of aldehydes is 1. The molecule has 1 saturated carbocycles. The lowest BCUT2D eigenvalue weighted by atomic mass is 9.99. The third-order valence-corrected chi connectivity index (χ3v) is 2.60. The quantitative estimate of drug-likeness (QED) is 0.621. The molecule has 1 fully saturated rings. The highest BCUT2D eigenvalue weighted by atomic mass is 16.1. The summed E-state index contributed by atoms with van der Waals surface area (Å²) >= 11 is 0. The van der Waals surface area contributed by atoms with E-state index in [0.717, 1.165) is 18.6 Å².